The van der Waals surface area contributed by atoms with Gasteiger partial charge in [0.15, 0.2) is 18.8 Å². The predicted molar refractivity (Wildman–Crippen MR) is 208 cm³/mol. The molecule has 19 nitrogen and oxygen atoms in total. The number of ether oxygens (including phenoxy) is 9. The molecule has 2 aromatic rings. The van der Waals surface area contributed by atoms with Gasteiger partial charge in [0.25, 0.3) is 17.6 Å². The number of carbonyl (C=O) groups is 8. The molecule has 1 fully saturated rings. The van der Waals surface area contributed by atoms with E-state index in [1.54, 1.807) is 42.5 Å². The van der Waals surface area contributed by atoms with Crippen LogP contribution in [0.5, 0.6) is 5.75 Å². The fourth-order valence-corrected chi connectivity index (χ4v) is 6.29. The van der Waals surface area contributed by atoms with Crippen molar-refractivity contribution in [3.8, 4) is 18.1 Å². The van der Waals surface area contributed by atoms with Crippen LogP contribution in [0.1, 0.15) is 65.5 Å². The van der Waals surface area contributed by atoms with Crippen LogP contribution < -0.4 is 15.4 Å². The third kappa shape index (κ3) is 14.3. The molecule has 7 atom stereocenters. The van der Waals surface area contributed by atoms with E-state index in [0.29, 0.717) is 17.7 Å². The van der Waals surface area contributed by atoms with E-state index in [0.717, 1.165) is 41.7 Å². The molecule has 0 radical (unpaired) electrons. The highest BCUT2D eigenvalue weighted by Crippen LogP contribution is 2.38. The van der Waals surface area contributed by atoms with Crippen LogP contribution in [0.3, 0.4) is 0 Å². The predicted octanol–water partition coefficient (Wildman–Crippen LogP) is 1.70. The first kappa shape index (κ1) is 48.8. The molecule has 1 unspecified atom stereocenters. The minimum Gasteiger partial charge on any atom is -0.493 e. The number of hydrogen-bond acceptors (Lipinski definition) is 17. The summed E-state index contributed by atoms with van der Waals surface area (Å²) >= 11 is 0. The molecule has 2 aromatic carbocycles. The normalized spacial score (nSPS) is 20.1. The van der Waals surface area contributed by atoms with Gasteiger partial charge in [0.2, 0.25) is 5.60 Å². The molecule has 1 aliphatic heterocycles. The Bertz CT molecular complexity index is 1930. The summed E-state index contributed by atoms with van der Waals surface area (Å²) < 4.78 is 50.6. The maximum atomic E-state index is 13.9. The summed E-state index contributed by atoms with van der Waals surface area (Å²) in [5.41, 5.74) is -1.18. The van der Waals surface area contributed by atoms with Crippen LogP contribution in [0, 0.1) is 12.3 Å². The van der Waals surface area contributed by atoms with Crippen molar-refractivity contribution in [3.63, 3.8) is 0 Å². The third-order valence-electron chi connectivity index (χ3n) is 8.89. The van der Waals surface area contributed by atoms with Gasteiger partial charge in [-0.15, -0.1) is 12.3 Å². The van der Waals surface area contributed by atoms with Crippen molar-refractivity contribution >= 4 is 47.6 Å². The van der Waals surface area contributed by atoms with Gasteiger partial charge >= 0.3 is 35.8 Å². The summed E-state index contributed by atoms with van der Waals surface area (Å²) in [6.07, 6.45) is -1.97. The fourth-order valence-electron chi connectivity index (χ4n) is 6.29. The first-order chi connectivity index (χ1) is 28.8. The zero-order chi connectivity index (χ0) is 45.3. The summed E-state index contributed by atoms with van der Waals surface area (Å²) in [6.45, 7) is 4.96. The van der Waals surface area contributed by atoms with Crippen molar-refractivity contribution in [3.05, 3.63) is 65.7 Å². The van der Waals surface area contributed by atoms with Crippen LogP contribution in [0.4, 0.5) is 0 Å². The maximum absolute atomic E-state index is 13.9. The van der Waals surface area contributed by atoms with Crippen LogP contribution in [-0.4, -0.2) is 111 Å². The summed E-state index contributed by atoms with van der Waals surface area (Å²) in [6, 6.07) is 12.9. The highest BCUT2D eigenvalue weighted by Gasteiger charge is 2.59. The van der Waals surface area contributed by atoms with E-state index in [9.17, 15) is 38.4 Å². The standard InChI is InChI=1S/C42H50N2O17/c1-9-10-20-54-32-18-16-30(17-19-32)23-56-42(40(52)53-8)21-33(57-26(3)46)36(44-35(50)24-55-25(2)45)38(61-42)37(59-28(5)48)34(58-27(4)47)22-43-39(51)41(7,60-29(6)49)31-14-12-11-13-15-31/h1,11-19,33-34,36-38H,10,20-24H2,2-8H3,(H,43,51)(H,44,50)/t33-,34+,36+,37+,38+,41?,42+/m0/s1. The van der Waals surface area contributed by atoms with Gasteiger partial charge in [0, 0.05) is 46.6 Å². The van der Waals surface area contributed by atoms with Gasteiger partial charge in [-0.25, -0.2) is 4.79 Å². The number of benzene rings is 2. The Morgan fingerprint density at radius 1 is 0.885 bits per heavy atom. The van der Waals surface area contributed by atoms with Crippen LogP contribution in [0.25, 0.3) is 0 Å². The van der Waals surface area contributed by atoms with Crippen LogP contribution in [-0.2, 0) is 88.5 Å². The smallest absolute Gasteiger partial charge is 0.366 e. The Kier molecular flexibility index (Phi) is 18.2. The average molecular weight is 855 g/mol. The Labute approximate surface area is 352 Å². The Morgan fingerprint density at radius 2 is 1.54 bits per heavy atom. The number of rotatable bonds is 20. The van der Waals surface area contributed by atoms with Gasteiger partial charge in [0.05, 0.1) is 39.3 Å². The zero-order valence-corrected chi connectivity index (χ0v) is 34.8. The molecule has 1 aliphatic rings. The second-order valence-electron chi connectivity index (χ2n) is 13.7. The molecule has 1 saturated heterocycles. The molecule has 0 aromatic heterocycles. The minimum absolute atomic E-state index is 0.267. The number of methoxy groups -OCH3 is 1. The summed E-state index contributed by atoms with van der Waals surface area (Å²) in [5, 5.41) is 5.11. The van der Waals surface area contributed by atoms with E-state index in [4.69, 9.17) is 49.1 Å². The monoisotopic (exact) mass is 854 g/mol. The van der Waals surface area contributed by atoms with Gasteiger partial charge in [-0.3, -0.25) is 33.6 Å². The molecule has 2 amide bonds. The van der Waals surface area contributed by atoms with Crippen molar-refractivity contribution in [1.82, 2.24) is 10.6 Å². The van der Waals surface area contributed by atoms with Gasteiger partial charge in [-0.1, -0.05) is 42.5 Å². The minimum atomic E-state index is -2.50. The molecule has 1 heterocycles. The second kappa shape index (κ2) is 22.7. The van der Waals surface area contributed by atoms with E-state index >= 15 is 0 Å². The van der Waals surface area contributed by atoms with E-state index < -0.39 is 109 Å². The van der Waals surface area contributed by atoms with Crippen molar-refractivity contribution in [1.29, 1.82) is 0 Å². The van der Waals surface area contributed by atoms with E-state index in [-0.39, 0.29) is 18.8 Å². The van der Waals surface area contributed by atoms with Crippen molar-refractivity contribution in [2.24, 2.45) is 0 Å². The lowest BCUT2D eigenvalue weighted by Crippen LogP contribution is -2.70. The molecule has 0 bridgehead atoms. The van der Waals surface area contributed by atoms with E-state index in [1.165, 1.54) is 19.1 Å². The SMILES string of the molecule is C#CCCOc1ccc(CO[C@]2(C(=O)OC)C[C@H](OC(C)=O)[C@@H](NC(=O)COC(C)=O)[C@H]([C@H](OC(C)=O)[C@@H](CNC(=O)C(C)(OC(C)=O)c3ccccc3)OC(C)=O)O2)cc1. The Balaban J connectivity index is 2.18. The average Bonchev–Trinajstić information content (AvgIpc) is 3.20. The summed E-state index contributed by atoms with van der Waals surface area (Å²) in [4.78, 5) is 103. The Hall–Kier alpha value is -6.52. The number of hydrogen-bond donors (Lipinski definition) is 2. The lowest BCUT2D eigenvalue weighted by Gasteiger charge is -2.48. The molecular formula is C42H50N2O17. The van der Waals surface area contributed by atoms with Gasteiger partial charge in [0.1, 0.15) is 18.0 Å². The topological polar surface area (TPSA) is 244 Å². The Morgan fingerprint density at radius 3 is 2.10 bits per heavy atom. The van der Waals surface area contributed by atoms with Crippen LogP contribution in [0.2, 0.25) is 0 Å². The maximum Gasteiger partial charge on any atom is 0.366 e. The molecule has 19 heteroatoms. The first-order valence-corrected chi connectivity index (χ1v) is 18.9. The molecule has 330 valence electrons. The van der Waals surface area contributed by atoms with Gasteiger partial charge in [-0.2, -0.15) is 0 Å². The summed E-state index contributed by atoms with van der Waals surface area (Å²) in [7, 11) is 1.02. The van der Waals surface area contributed by atoms with Gasteiger partial charge < -0.3 is 53.3 Å². The van der Waals surface area contributed by atoms with E-state index in [2.05, 4.69) is 16.6 Å². The molecule has 2 N–H and O–H groups in total. The zero-order valence-electron chi connectivity index (χ0n) is 34.8. The number of carbonyl (C=O) groups excluding carboxylic acids is 8. The molecule has 0 spiro atoms. The highest BCUT2D eigenvalue weighted by atomic mass is 16.7. The molecule has 3 rings (SSSR count). The molecular weight excluding hydrogens is 804 g/mol. The van der Waals surface area contributed by atoms with Crippen molar-refractivity contribution in [2.45, 2.75) is 103 Å². The number of amides is 2. The van der Waals surface area contributed by atoms with E-state index in [1.807, 2.05) is 0 Å². The first-order valence-electron chi connectivity index (χ1n) is 18.9. The quantitative estimate of drug-likeness (QED) is 0.0833. The summed E-state index contributed by atoms with van der Waals surface area (Å²) in [5.74, 6) is -7.03. The highest BCUT2D eigenvalue weighted by molar-refractivity contribution is 5.88. The largest absolute Gasteiger partial charge is 0.493 e. The van der Waals surface area contributed by atoms with Crippen molar-refractivity contribution < 1.29 is 81.0 Å². The number of esters is 6. The lowest BCUT2D eigenvalue weighted by atomic mass is 9.87. The fraction of sp³-hybridized carbons (Fsp3) is 0.476. The van der Waals surface area contributed by atoms with Crippen LogP contribution in [0.15, 0.2) is 54.6 Å². The molecule has 61 heavy (non-hydrogen) atoms. The third-order valence-corrected chi connectivity index (χ3v) is 8.89. The van der Waals surface area contributed by atoms with Crippen molar-refractivity contribution in [2.75, 3.05) is 26.9 Å². The second-order valence-corrected chi connectivity index (χ2v) is 13.7. The van der Waals surface area contributed by atoms with Gasteiger partial charge in [-0.05, 0) is 24.6 Å². The number of terminal acetylenes is 1. The lowest BCUT2D eigenvalue weighted by molar-refractivity contribution is -0.317. The molecule has 0 saturated carbocycles. The number of nitrogens with one attached hydrogen (secondary N) is 2. The molecule has 0 aliphatic carbocycles. The van der Waals surface area contributed by atoms with Crippen LogP contribution >= 0.6 is 0 Å².